The van der Waals surface area contributed by atoms with Gasteiger partial charge in [0.15, 0.2) is 11.1 Å². The van der Waals surface area contributed by atoms with E-state index in [0.717, 1.165) is 10.0 Å². The standard InChI is InChI=1S/C13H12BrF2N3O2S/c1-6-3-4-9(8(14)5-6)21-7(2)11(20)17-13-19-18-12(22-13)10(15)16/h3-5,7,10H,1-2H3,(H,17,19,20). The molecule has 0 aliphatic carbocycles. The number of aromatic nitrogens is 2. The summed E-state index contributed by atoms with van der Waals surface area (Å²) in [5, 5.41) is 8.75. The van der Waals surface area contributed by atoms with Crippen molar-refractivity contribution in [2.24, 2.45) is 0 Å². The van der Waals surface area contributed by atoms with Crippen molar-refractivity contribution in [1.29, 1.82) is 0 Å². The van der Waals surface area contributed by atoms with Crippen molar-refractivity contribution < 1.29 is 18.3 Å². The number of carbonyl (C=O) groups excluding carboxylic acids is 1. The number of nitrogens with zero attached hydrogens (tertiary/aromatic N) is 2. The molecule has 5 nitrogen and oxygen atoms in total. The Balaban J connectivity index is 1.99. The van der Waals surface area contributed by atoms with Crippen LogP contribution < -0.4 is 10.1 Å². The normalized spacial score (nSPS) is 12.3. The summed E-state index contributed by atoms with van der Waals surface area (Å²) in [5.41, 5.74) is 1.05. The fraction of sp³-hybridized carbons (Fsp3) is 0.308. The average molecular weight is 392 g/mol. The summed E-state index contributed by atoms with van der Waals surface area (Å²) >= 11 is 3.98. The first-order valence-corrected chi connectivity index (χ1v) is 7.83. The van der Waals surface area contributed by atoms with Crippen LogP contribution in [0.15, 0.2) is 22.7 Å². The number of nitrogens with one attached hydrogen (secondary N) is 1. The molecule has 0 fully saturated rings. The molecule has 0 aliphatic heterocycles. The topological polar surface area (TPSA) is 64.1 Å². The lowest BCUT2D eigenvalue weighted by molar-refractivity contribution is -0.122. The molecule has 0 saturated heterocycles. The third-order valence-corrected chi connectivity index (χ3v) is 4.08. The van der Waals surface area contributed by atoms with E-state index in [0.29, 0.717) is 17.1 Å². The van der Waals surface area contributed by atoms with Crippen molar-refractivity contribution in [1.82, 2.24) is 10.2 Å². The first kappa shape index (κ1) is 16.8. The van der Waals surface area contributed by atoms with Gasteiger partial charge in [0.05, 0.1) is 4.47 Å². The number of amides is 1. The average Bonchev–Trinajstić information content (AvgIpc) is 2.90. The first-order valence-electron chi connectivity index (χ1n) is 6.22. The van der Waals surface area contributed by atoms with Gasteiger partial charge in [-0.25, -0.2) is 8.78 Å². The van der Waals surface area contributed by atoms with Crippen molar-refractivity contribution in [2.75, 3.05) is 5.32 Å². The van der Waals surface area contributed by atoms with Crippen LogP contribution >= 0.6 is 27.3 Å². The molecule has 1 unspecified atom stereocenters. The number of rotatable bonds is 5. The molecule has 0 bridgehead atoms. The van der Waals surface area contributed by atoms with E-state index < -0.39 is 23.4 Å². The highest BCUT2D eigenvalue weighted by atomic mass is 79.9. The minimum Gasteiger partial charge on any atom is -0.480 e. The van der Waals surface area contributed by atoms with Crippen LogP contribution in [0.1, 0.15) is 23.9 Å². The molecule has 1 N–H and O–H groups in total. The van der Waals surface area contributed by atoms with E-state index in [1.54, 1.807) is 13.0 Å². The molecule has 2 aromatic rings. The Bertz CT molecular complexity index is 681. The van der Waals surface area contributed by atoms with Gasteiger partial charge in [-0.05, 0) is 47.5 Å². The van der Waals surface area contributed by atoms with E-state index in [4.69, 9.17) is 4.74 Å². The molecule has 2 rings (SSSR count). The number of carbonyl (C=O) groups is 1. The Kier molecular flexibility index (Phi) is 5.41. The second-order valence-corrected chi connectivity index (χ2v) is 6.29. The van der Waals surface area contributed by atoms with Crippen LogP contribution in [0.4, 0.5) is 13.9 Å². The van der Waals surface area contributed by atoms with E-state index in [1.165, 1.54) is 0 Å². The molecule has 0 aliphatic rings. The summed E-state index contributed by atoms with van der Waals surface area (Å²) in [6.07, 6.45) is -3.53. The van der Waals surface area contributed by atoms with Gasteiger partial charge in [-0.1, -0.05) is 17.4 Å². The van der Waals surface area contributed by atoms with E-state index in [2.05, 4.69) is 31.4 Å². The highest BCUT2D eigenvalue weighted by Crippen LogP contribution is 2.28. The quantitative estimate of drug-likeness (QED) is 0.837. The molecule has 1 atom stereocenters. The van der Waals surface area contributed by atoms with Crippen LogP contribution in [0, 0.1) is 6.92 Å². The van der Waals surface area contributed by atoms with Crippen molar-refractivity contribution in [3.8, 4) is 5.75 Å². The number of ether oxygens (including phenoxy) is 1. The molecular weight excluding hydrogens is 380 g/mol. The Hall–Kier alpha value is -1.61. The van der Waals surface area contributed by atoms with E-state index >= 15 is 0 Å². The van der Waals surface area contributed by atoms with E-state index in [1.807, 2.05) is 19.1 Å². The zero-order chi connectivity index (χ0) is 16.3. The minimum atomic E-state index is -2.71. The summed E-state index contributed by atoms with van der Waals surface area (Å²) in [4.78, 5) is 12.0. The lowest BCUT2D eigenvalue weighted by Gasteiger charge is -2.15. The highest BCUT2D eigenvalue weighted by Gasteiger charge is 2.20. The summed E-state index contributed by atoms with van der Waals surface area (Å²) < 4.78 is 31.1. The second-order valence-electron chi connectivity index (χ2n) is 4.43. The monoisotopic (exact) mass is 391 g/mol. The van der Waals surface area contributed by atoms with Crippen LogP contribution in [0.25, 0.3) is 0 Å². The Morgan fingerprint density at radius 2 is 2.14 bits per heavy atom. The highest BCUT2D eigenvalue weighted by molar-refractivity contribution is 9.10. The molecule has 0 spiro atoms. The molecule has 1 aromatic carbocycles. The van der Waals surface area contributed by atoms with Crippen molar-refractivity contribution in [3.63, 3.8) is 0 Å². The van der Waals surface area contributed by atoms with Gasteiger partial charge in [-0.15, -0.1) is 10.2 Å². The van der Waals surface area contributed by atoms with Crippen LogP contribution in [0.2, 0.25) is 0 Å². The maximum atomic E-state index is 12.4. The van der Waals surface area contributed by atoms with Gasteiger partial charge in [0.25, 0.3) is 12.3 Å². The van der Waals surface area contributed by atoms with Gasteiger partial charge >= 0.3 is 0 Å². The van der Waals surface area contributed by atoms with Crippen LogP contribution in [0.5, 0.6) is 5.75 Å². The van der Waals surface area contributed by atoms with Gasteiger partial charge in [-0.2, -0.15) is 0 Å². The Morgan fingerprint density at radius 3 is 2.73 bits per heavy atom. The molecule has 1 amide bonds. The zero-order valence-electron chi connectivity index (χ0n) is 11.6. The van der Waals surface area contributed by atoms with Gasteiger partial charge in [-0.3, -0.25) is 10.1 Å². The van der Waals surface area contributed by atoms with Crippen LogP contribution in [0.3, 0.4) is 0 Å². The number of hydrogen-bond acceptors (Lipinski definition) is 5. The maximum Gasteiger partial charge on any atom is 0.291 e. The van der Waals surface area contributed by atoms with Crippen LogP contribution in [-0.4, -0.2) is 22.2 Å². The smallest absolute Gasteiger partial charge is 0.291 e. The lowest BCUT2D eigenvalue weighted by atomic mass is 10.2. The first-order chi connectivity index (χ1) is 10.4. The maximum absolute atomic E-state index is 12.4. The number of anilines is 1. The number of aryl methyl sites for hydroxylation is 1. The second kappa shape index (κ2) is 7.10. The number of benzene rings is 1. The fourth-order valence-corrected chi connectivity index (χ4v) is 2.71. The number of hydrogen-bond donors (Lipinski definition) is 1. The van der Waals surface area contributed by atoms with Crippen LogP contribution in [-0.2, 0) is 4.79 Å². The Morgan fingerprint density at radius 1 is 1.41 bits per heavy atom. The molecular formula is C13H12BrF2N3O2S. The largest absolute Gasteiger partial charge is 0.480 e. The van der Waals surface area contributed by atoms with E-state index in [-0.39, 0.29) is 5.13 Å². The van der Waals surface area contributed by atoms with Crippen molar-refractivity contribution in [3.05, 3.63) is 33.2 Å². The molecule has 22 heavy (non-hydrogen) atoms. The summed E-state index contributed by atoms with van der Waals surface area (Å²) in [7, 11) is 0. The summed E-state index contributed by atoms with van der Waals surface area (Å²) in [5.74, 6) is 0.0169. The predicted molar refractivity (Wildman–Crippen MR) is 82.5 cm³/mol. The zero-order valence-corrected chi connectivity index (χ0v) is 14.0. The lowest BCUT2D eigenvalue weighted by Crippen LogP contribution is -2.30. The summed E-state index contributed by atoms with van der Waals surface area (Å²) in [6, 6.07) is 5.45. The molecule has 0 radical (unpaired) electrons. The van der Waals surface area contributed by atoms with Gasteiger partial charge in [0, 0.05) is 0 Å². The third kappa shape index (κ3) is 4.20. The van der Waals surface area contributed by atoms with Gasteiger partial charge in [0.2, 0.25) is 5.13 Å². The molecule has 9 heteroatoms. The summed E-state index contributed by atoms with van der Waals surface area (Å²) in [6.45, 7) is 3.48. The van der Waals surface area contributed by atoms with E-state index in [9.17, 15) is 13.6 Å². The molecule has 1 aromatic heterocycles. The van der Waals surface area contributed by atoms with Crippen molar-refractivity contribution in [2.45, 2.75) is 26.4 Å². The fourth-order valence-electron chi connectivity index (χ4n) is 1.53. The van der Waals surface area contributed by atoms with Gasteiger partial charge in [0.1, 0.15) is 5.75 Å². The van der Waals surface area contributed by atoms with Gasteiger partial charge < -0.3 is 4.74 Å². The molecule has 118 valence electrons. The third-order valence-electron chi connectivity index (χ3n) is 2.62. The molecule has 0 saturated carbocycles. The number of halogens is 3. The predicted octanol–water partition coefficient (Wildman–Crippen LogP) is 3.95. The SMILES string of the molecule is Cc1ccc(OC(C)C(=O)Nc2nnc(C(F)F)s2)c(Br)c1. The molecule has 1 heterocycles. The van der Waals surface area contributed by atoms with Crippen molar-refractivity contribution >= 4 is 38.3 Å². The minimum absolute atomic E-state index is 0.0127. The Labute approximate surface area is 137 Å². The number of alkyl halides is 2.